The van der Waals surface area contributed by atoms with Crippen LogP contribution in [0.2, 0.25) is 0 Å². The van der Waals surface area contributed by atoms with E-state index in [4.69, 9.17) is 4.74 Å². The van der Waals surface area contributed by atoms with E-state index in [1.807, 2.05) is 60.7 Å². The van der Waals surface area contributed by atoms with Crippen molar-refractivity contribution in [3.63, 3.8) is 0 Å². The van der Waals surface area contributed by atoms with Crippen molar-refractivity contribution in [3.8, 4) is 0 Å². The molecule has 3 rings (SSSR count). The van der Waals surface area contributed by atoms with Crippen LogP contribution in [0.25, 0.3) is 0 Å². The van der Waals surface area contributed by atoms with Gasteiger partial charge in [-0.2, -0.15) is 0 Å². The number of methoxy groups -OCH3 is 1. The van der Waals surface area contributed by atoms with Gasteiger partial charge in [0.05, 0.1) is 29.5 Å². The molecule has 0 aliphatic rings. The van der Waals surface area contributed by atoms with Gasteiger partial charge in [-0.1, -0.05) is 48.5 Å². The van der Waals surface area contributed by atoms with E-state index < -0.39 is 9.84 Å². The first-order valence-electron chi connectivity index (χ1n) is 9.49. The van der Waals surface area contributed by atoms with Crippen LogP contribution in [0.1, 0.15) is 15.9 Å². The number of carbonyl (C=O) groups excluding carboxylic acids is 1. The minimum absolute atomic E-state index is 0.103. The van der Waals surface area contributed by atoms with Crippen LogP contribution in [-0.4, -0.2) is 33.8 Å². The maximum absolute atomic E-state index is 12.8. The summed E-state index contributed by atoms with van der Waals surface area (Å²) in [6, 6.07) is 25.3. The highest BCUT2D eigenvalue weighted by Crippen LogP contribution is 2.16. The van der Waals surface area contributed by atoms with E-state index in [1.54, 1.807) is 5.01 Å². The Morgan fingerprint density at radius 1 is 0.900 bits per heavy atom. The molecule has 0 aliphatic heterocycles. The molecule has 0 saturated heterocycles. The van der Waals surface area contributed by atoms with E-state index >= 15 is 0 Å². The molecule has 0 bridgehead atoms. The van der Waals surface area contributed by atoms with Gasteiger partial charge in [0.2, 0.25) is 0 Å². The van der Waals surface area contributed by atoms with Gasteiger partial charge in [0.25, 0.3) is 5.91 Å². The van der Waals surface area contributed by atoms with Crippen LogP contribution in [-0.2, 0) is 21.1 Å². The monoisotopic (exact) mass is 424 g/mol. The summed E-state index contributed by atoms with van der Waals surface area (Å²) in [7, 11) is -1.98. The standard InChI is InChI=1S/C23H24N2O4S/c1-29-16-17-30(27,28)22-14-12-20(13-15-22)23(26)24-25(21-10-6-3-7-11-21)18-19-8-4-2-5-9-19/h2-15H,16-18H2,1H3,(H,24,26). The number of benzene rings is 3. The van der Waals surface area contributed by atoms with Crippen LogP contribution in [0.5, 0.6) is 0 Å². The molecule has 0 atom stereocenters. The molecular formula is C23H24N2O4S. The van der Waals surface area contributed by atoms with Crippen molar-refractivity contribution in [1.82, 2.24) is 5.43 Å². The zero-order valence-corrected chi connectivity index (χ0v) is 17.5. The number of nitrogens with one attached hydrogen (secondary N) is 1. The number of nitrogens with zero attached hydrogens (tertiary/aromatic N) is 1. The highest BCUT2D eigenvalue weighted by atomic mass is 32.2. The second-order valence-corrected chi connectivity index (χ2v) is 8.79. The number of sulfone groups is 1. The molecule has 0 heterocycles. The smallest absolute Gasteiger partial charge is 0.269 e. The van der Waals surface area contributed by atoms with Crippen LogP contribution < -0.4 is 10.4 Å². The van der Waals surface area contributed by atoms with Crippen LogP contribution in [0.15, 0.2) is 89.8 Å². The van der Waals surface area contributed by atoms with E-state index in [0.717, 1.165) is 11.3 Å². The third kappa shape index (κ3) is 5.68. The van der Waals surface area contributed by atoms with Crippen LogP contribution in [0, 0.1) is 0 Å². The third-order valence-electron chi connectivity index (χ3n) is 4.52. The van der Waals surface area contributed by atoms with Crippen molar-refractivity contribution in [2.75, 3.05) is 24.5 Å². The second kappa shape index (κ2) is 10.0. The lowest BCUT2D eigenvalue weighted by molar-refractivity contribution is 0.0948. The number of hydrogen-bond donors (Lipinski definition) is 1. The first-order valence-corrected chi connectivity index (χ1v) is 11.1. The van der Waals surface area contributed by atoms with Gasteiger partial charge in [-0.05, 0) is 42.0 Å². The molecule has 0 fully saturated rings. The number of anilines is 1. The Morgan fingerprint density at radius 3 is 2.10 bits per heavy atom. The summed E-state index contributed by atoms with van der Waals surface area (Å²) >= 11 is 0. The van der Waals surface area contributed by atoms with Gasteiger partial charge in [0, 0.05) is 12.7 Å². The van der Waals surface area contributed by atoms with Gasteiger partial charge in [0.1, 0.15) is 0 Å². The Balaban J connectivity index is 1.77. The van der Waals surface area contributed by atoms with E-state index in [1.165, 1.54) is 31.4 Å². The maximum atomic E-state index is 12.8. The molecule has 1 N–H and O–H groups in total. The Bertz CT molecular complexity index is 1050. The molecule has 6 nitrogen and oxygen atoms in total. The predicted molar refractivity (Wildman–Crippen MR) is 117 cm³/mol. The van der Waals surface area contributed by atoms with Gasteiger partial charge in [-0.3, -0.25) is 15.2 Å². The minimum atomic E-state index is -3.44. The summed E-state index contributed by atoms with van der Waals surface area (Å²) in [5, 5.41) is 1.76. The molecule has 1 amide bonds. The van der Waals surface area contributed by atoms with Crippen molar-refractivity contribution in [1.29, 1.82) is 0 Å². The van der Waals surface area contributed by atoms with Crippen LogP contribution >= 0.6 is 0 Å². The molecule has 30 heavy (non-hydrogen) atoms. The third-order valence-corrected chi connectivity index (χ3v) is 6.21. The second-order valence-electron chi connectivity index (χ2n) is 6.68. The van der Waals surface area contributed by atoms with Gasteiger partial charge in [0.15, 0.2) is 9.84 Å². The summed E-state index contributed by atoms with van der Waals surface area (Å²) < 4.78 is 29.3. The largest absolute Gasteiger partial charge is 0.384 e. The fourth-order valence-corrected chi connectivity index (χ4v) is 4.05. The molecule has 3 aromatic carbocycles. The van der Waals surface area contributed by atoms with Gasteiger partial charge in [-0.25, -0.2) is 8.42 Å². The van der Waals surface area contributed by atoms with E-state index in [2.05, 4.69) is 5.43 Å². The Kier molecular flexibility index (Phi) is 7.21. The molecule has 3 aromatic rings. The van der Waals surface area contributed by atoms with Crippen molar-refractivity contribution in [2.45, 2.75) is 11.4 Å². The van der Waals surface area contributed by atoms with E-state index in [0.29, 0.717) is 12.1 Å². The number of carbonyl (C=O) groups is 1. The lowest BCUT2D eigenvalue weighted by Crippen LogP contribution is -2.42. The van der Waals surface area contributed by atoms with Gasteiger partial charge < -0.3 is 4.74 Å². The number of amides is 1. The average molecular weight is 425 g/mol. The molecule has 0 spiro atoms. The van der Waals surface area contributed by atoms with Crippen molar-refractivity contribution < 1.29 is 17.9 Å². The molecule has 0 aliphatic carbocycles. The quantitative estimate of drug-likeness (QED) is 0.533. The number of ether oxygens (including phenoxy) is 1. The number of para-hydroxylation sites is 1. The highest BCUT2D eigenvalue weighted by molar-refractivity contribution is 7.91. The SMILES string of the molecule is COCCS(=O)(=O)c1ccc(C(=O)NN(Cc2ccccc2)c2ccccc2)cc1. The Labute approximate surface area is 177 Å². The van der Waals surface area contributed by atoms with Crippen molar-refractivity contribution >= 4 is 21.4 Å². The Morgan fingerprint density at radius 2 is 1.50 bits per heavy atom. The minimum Gasteiger partial charge on any atom is -0.384 e. The summed E-state index contributed by atoms with van der Waals surface area (Å²) in [4.78, 5) is 13.0. The van der Waals surface area contributed by atoms with Crippen LogP contribution in [0.4, 0.5) is 5.69 Å². The molecular weight excluding hydrogens is 400 g/mol. The molecule has 0 unspecified atom stereocenters. The zero-order valence-electron chi connectivity index (χ0n) is 16.7. The number of hydrazine groups is 1. The van der Waals surface area contributed by atoms with E-state index in [9.17, 15) is 13.2 Å². The summed E-state index contributed by atoms with van der Waals surface area (Å²) in [6.07, 6.45) is 0. The predicted octanol–water partition coefficient (Wildman–Crippen LogP) is 3.46. The first-order chi connectivity index (χ1) is 14.5. The number of hydrogen-bond acceptors (Lipinski definition) is 5. The van der Waals surface area contributed by atoms with Gasteiger partial charge >= 0.3 is 0 Å². The summed E-state index contributed by atoms with van der Waals surface area (Å²) in [5.74, 6) is -0.427. The highest BCUT2D eigenvalue weighted by Gasteiger charge is 2.16. The normalized spacial score (nSPS) is 11.1. The number of rotatable bonds is 9. The molecule has 7 heteroatoms. The summed E-state index contributed by atoms with van der Waals surface area (Å²) in [5.41, 5.74) is 5.17. The fraction of sp³-hybridized carbons (Fsp3) is 0.174. The van der Waals surface area contributed by atoms with Crippen molar-refractivity contribution in [2.24, 2.45) is 0 Å². The molecule has 0 saturated carbocycles. The average Bonchev–Trinajstić information content (AvgIpc) is 2.78. The molecule has 0 radical (unpaired) electrons. The lowest BCUT2D eigenvalue weighted by atomic mass is 10.2. The van der Waals surface area contributed by atoms with Crippen molar-refractivity contribution in [3.05, 3.63) is 96.1 Å². The molecule has 156 valence electrons. The lowest BCUT2D eigenvalue weighted by Gasteiger charge is -2.25. The topological polar surface area (TPSA) is 75.7 Å². The zero-order chi connectivity index (χ0) is 21.4. The maximum Gasteiger partial charge on any atom is 0.269 e. The van der Waals surface area contributed by atoms with E-state index in [-0.39, 0.29) is 23.2 Å². The van der Waals surface area contributed by atoms with Crippen LogP contribution in [0.3, 0.4) is 0 Å². The fourth-order valence-electron chi connectivity index (χ4n) is 2.88. The Hall–Kier alpha value is -3.16. The first kappa shape index (κ1) is 21.5. The molecule has 0 aromatic heterocycles. The van der Waals surface area contributed by atoms with Gasteiger partial charge in [-0.15, -0.1) is 0 Å². The summed E-state index contributed by atoms with van der Waals surface area (Å²) in [6.45, 7) is 0.607.